The first-order chi connectivity index (χ1) is 16.9. The van der Waals surface area contributed by atoms with Crippen molar-refractivity contribution < 1.29 is 0 Å². The summed E-state index contributed by atoms with van der Waals surface area (Å²) in [5.41, 5.74) is 5.01. The molecule has 5 heteroatoms. The van der Waals surface area contributed by atoms with E-state index in [1.807, 2.05) is 97.2 Å². The fourth-order valence-corrected chi connectivity index (χ4v) is 4.08. The molecule has 3 rings (SSSR count). The molecule has 182 valence electrons. The molecule has 0 unspecified atom stereocenters. The maximum atomic E-state index is 9.54. The normalized spacial score (nSPS) is 10.6. The average molecular weight is 485 g/mol. The number of rotatable bonds is 6. The number of thiophene rings is 1. The Morgan fingerprint density at radius 3 is 1.77 bits per heavy atom. The van der Waals surface area contributed by atoms with Crippen LogP contribution in [0.15, 0.2) is 66.4 Å². The largest absolute Gasteiger partial charge is 0.378 e. The van der Waals surface area contributed by atoms with Crippen molar-refractivity contribution in [1.29, 1.82) is 5.26 Å². The molecule has 0 fully saturated rings. The van der Waals surface area contributed by atoms with Gasteiger partial charge in [-0.25, -0.2) is 10.1 Å². The first-order valence-electron chi connectivity index (χ1n) is 11.8. The lowest BCUT2D eigenvalue weighted by Gasteiger charge is -2.13. The van der Waals surface area contributed by atoms with Crippen molar-refractivity contribution in [1.82, 2.24) is 0 Å². The summed E-state index contributed by atoms with van der Waals surface area (Å²) in [6.07, 6.45) is 4.14. The van der Waals surface area contributed by atoms with E-state index in [1.165, 1.54) is 0 Å². The highest BCUT2D eigenvalue weighted by molar-refractivity contribution is 7.14. The van der Waals surface area contributed by atoms with E-state index in [2.05, 4.69) is 52.2 Å². The number of hydrogen-bond acceptors (Lipinski definition) is 4. The van der Waals surface area contributed by atoms with Crippen molar-refractivity contribution in [2.75, 3.05) is 38.0 Å². The molecule has 2 aromatic carbocycles. The van der Waals surface area contributed by atoms with Crippen LogP contribution < -0.4 is 9.80 Å². The van der Waals surface area contributed by atoms with Crippen molar-refractivity contribution >= 4 is 40.4 Å². The predicted octanol–water partition coefficient (Wildman–Crippen LogP) is 8.31. The van der Waals surface area contributed by atoms with Gasteiger partial charge in [-0.05, 0) is 53.6 Å². The van der Waals surface area contributed by atoms with E-state index in [1.54, 1.807) is 11.3 Å². The summed E-state index contributed by atoms with van der Waals surface area (Å²) in [4.78, 5) is 9.55. The van der Waals surface area contributed by atoms with Crippen LogP contribution in [0.5, 0.6) is 0 Å². The van der Waals surface area contributed by atoms with Gasteiger partial charge in [-0.2, -0.15) is 0 Å². The quantitative estimate of drug-likeness (QED) is 0.261. The lowest BCUT2D eigenvalue weighted by molar-refractivity contribution is 1.13. The molecule has 0 aliphatic carbocycles. The van der Waals surface area contributed by atoms with Crippen LogP contribution in [0.1, 0.15) is 48.6 Å². The summed E-state index contributed by atoms with van der Waals surface area (Å²) >= 11 is 1.57. The van der Waals surface area contributed by atoms with E-state index < -0.39 is 0 Å². The van der Waals surface area contributed by atoms with Gasteiger partial charge in [0.2, 0.25) is 0 Å². The molecule has 0 amide bonds. The van der Waals surface area contributed by atoms with Crippen LogP contribution in [0.2, 0.25) is 0 Å². The Bertz CT molecular complexity index is 1170. The van der Waals surface area contributed by atoms with Gasteiger partial charge in [-0.3, -0.25) is 0 Å². The highest BCUT2D eigenvalue weighted by Gasteiger charge is 2.14. The summed E-state index contributed by atoms with van der Waals surface area (Å²) in [6, 6.07) is 22.4. The summed E-state index contributed by atoms with van der Waals surface area (Å²) in [7, 11) is 8.01. The molecule has 1 aromatic heterocycles. The maximum Gasteiger partial charge on any atom is 0.270 e. The molecule has 35 heavy (non-hydrogen) atoms. The second-order valence-corrected chi connectivity index (χ2v) is 8.53. The summed E-state index contributed by atoms with van der Waals surface area (Å²) in [6.45, 7) is 15.5. The van der Waals surface area contributed by atoms with Crippen LogP contribution >= 0.6 is 11.3 Å². The molecule has 0 aliphatic rings. The van der Waals surface area contributed by atoms with Gasteiger partial charge in [0.1, 0.15) is 0 Å². The zero-order valence-corrected chi connectivity index (χ0v) is 22.9. The van der Waals surface area contributed by atoms with Gasteiger partial charge in [-0.1, -0.05) is 58.0 Å². The molecule has 0 saturated heterocycles. The van der Waals surface area contributed by atoms with Gasteiger partial charge in [0.05, 0.1) is 12.6 Å². The molecule has 0 atom stereocenters. The summed E-state index contributed by atoms with van der Waals surface area (Å²) in [5, 5.41) is 9.54. The zero-order chi connectivity index (χ0) is 26.4. The van der Waals surface area contributed by atoms with Crippen LogP contribution in [0, 0.1) is 17.9 Å². The minimum Gasteiger partial charge on any atom is -0.378 e. The van der Waals surface area contributed by atoms with E-state index in [0.29, 0.717) is 5.57 Å². The van der Waals surface area contributed by atoms with Crippen molar-refractivity contribution in [2.24, 2.45) is 0 Å². The minimum atomic E-state index is 0.106. The summed E-state index contributed by atoms with van der Waals surface area (Å²) in [5.74, 6) is 0. The van der Waals surface area contributed by atoms with Crippen molar-refractivity contribution in [3.05, 3.63) is 98.7 Å². The van der Waals surface area contributed by atoms with Crippen LogP contribution in [0.25, 0.3) is 22.6 Å². The predicted molar refractivity (Wildman–Crippen MR) is 156 cm³/mol. The molecule has 0 bridgehead atoms. The Kier molecular flexibility index (Phi) is 12.7. The Balaban J connectivity index is 0.00000145. The third-order valence-corrected chi connectivity index (χ3v) is 5.92. The standard InChI is InChI=1S/C26H24N4S.2C2H6/c1-28-24(18-27)26(20-9-13-22(14-10-20)30(4)5)25-17-16-23(31-25)15-8-19-6-11-21(12-7-19)29(2)3;2*1-2/h6-17H,2-5H3;2*1-2H3/b15-8+,26-24+;;. The fourth-order valence-electron chi connectivity index (χ4n) is 3.10. The molecule has 0 aliphatic heterocycles. The van der Waals surface area contributed by atoms with E-state index >= 15 is 0 Å². The lowest BCUT2D eigenvalue weighted by Crippen LogP contribution is -2.08. The monoisotopic (exact) mass is 484 g/mol. The number of nitriles is 1. The smallest absolute Gasteiger partial charge is 0.270 e. The van der Waals surface area contributed by atoms with E-state index in [0.717, 1.165) is 32.3 Å². The third kappa shape index (κ3) is 8.18. The van der Waals surface area contributed by atoms with Crippen molar-refractivity contribution in [3.8, 4) is 6.07 Å². The second-order valence-electron chi connectivity index (χ2n) is 7.41. The summed E-state index contributed by atoms with van der Waals surface area (Å²) < 4.78 is 0. The van der Waals surface area contributed by atoms with Gasteiger partial charge in [0.25, 0.3) is 5.70 Å². The van der Waals surface area contributed by atoms with Gasteiger partial charge in [-0.15, -0.1) is 11.3 Å². The molecule has 1 heterocycles. The Morgan fingerprint density at radius 2 is 1.31 bits per heavy atom. The molecular formula is C30H36N4S. The van der Waals surface area contributed by atoms with Crippen molar-refractivity contribution in [2.45, 2.75) is 27.7 Å². The van der Waals surface area contributed by atoms with Crippen LogP contribution in [-0.4, -0.2) is 28.2 Å². The minimum absolute atomic E-state index is 0.106. The highest BCUT2D eigenvalue weighted by Crippen LogP contribution is 2.34. The number of anilines is 2. The van der Waals surface area contributed by atoms with E-state index in [-0.39, 0.29) is 5.70 Å². The molecule has 3 aromatic rings. The first kappa shape index (κ1) is 29.2. The van der Waals surface area contributed by atoms with Crippen molar-refractivity contribution in [3.63, 3.8) is 0 Å². The maximum absolute atomic E-state index is 9.54. The average Bonchev–Trinajstić information content (AvgIpc) is 3.37. The molecule has 4 nitrogen and oxygen atoms in total. The first-order valence-corrected chi connectivity index (χ1v) is 12.6. The SMILES string of the molecule is CC.CC.[C-]#[N+]/C(C#N)=C(\c1ccc(N(C)C)cc1)c1ccc(/C=C/c2ccc(N(C)C)cc2)s1. The van der Waals surface area contributed by atoms with Crippen LogP contribution in [-0.2, 0) is 0 Å². The Morgan fingerprint density at radius 1 is 0.800 bits per heavy atom. The van der Waals surface area contributed by atoms with E-state index in [9.17, 15) is 5.26 Å². The van der Waals surface area contributed by atoms with E-state index in [4.69, 9.17) is 6.57 Å². The second kappa shape index (κ2) is 15.2. The molecule has 0 N–H and O–H groups in total. The Hall–Kier alpha value is -3.80. The third-order valence-electron chi connectivity index (χ3n) is 4.85. The van der Waals surface area contributed by atoms with Gasteiger partial charge < -0.3 is 9.80 Å². The van der Waals surface area contributed by atoms with Gasteiger partial charge in [0, 0.05) is 54.9 Å². The van der Waals surface area contributed by atoms with Gasteiger partial charge >= 0.3 is 0 Å². The highest BCUT2D eigenvalue weighted by atomic mass is 32.1. The number of benzene rings is 2. The zero-order valence-electron chi connectivity index (χ0n) is 22.1. The molecule has 0 radical (unpaired) electrons. The molecule has 0 spiro atoms. The number of hydrogen-bond donors (Lipinski definition) is 0. The molecular weight excluding hydrogens is 448 g/mol. The van der Waals surface area contributed by atoms with Crippen LogP contribution in [0.4, 0.5) is 11.4 Å². The number of nitrogens with zero attached hydrogens (tertiary/aromatic N) is 4. The fraction of sp³-hybridized carbons (Fsp3) is 0.267. The van der Waals surface area contributed by atoms with Crippen LogP contribution in [0.3, 0.4) is 0 Å². The lowest BCUT2D eigenvalue weighted by atomic mass is 10.0. The number of allylic oxidation sites excluding steroid dienone is 1. The molecule has 0 saturated carbocycles. The van der Waals surface area contributed by atoms with Gasteiger partial charge in [0.15, 0.2) is 0 Å². The Labute approximate surface area is 215 Å². The topological polar surface area (TPSA) is 34.6 Å².